The fourth-order valence-corrected chi connectivity index (χ4v) is 3.95. The molecule has 3 aromatic rings. The molecule has 2 aromatic carbocycles. The van der Waals surface area contributed by atoms with E-state index in [4.69, 9.17) is 9.47 Å². The lowest BCUT2D eigenvalue weighted by Crippen LogP contribution is -2.25. The van der Waals surface area contributed by atoms with E-state index in [0.717, 1.165) is 0 Å². The molecule has 1 unspecified atom stereocenters. The normalized spacial score (nSPS) is 14.9. The summed E-state index contributed by atoms with van der Waals surface area (Å²) in [6.45, 7) is 0. The molecule has 1 atom stereocenters. The number of ether oxygens (including phenoxy) is 2. The summed E-state index contributed by atoms with van der Waals surface area (Å²) in [7, 11) is 3.02. The molecule has 0 spiro atoms. The summed E-state index contributed by atoms with van der Waals surface area (Å²) in [5.41, 5.74) is 2.09. The SMILES string of the molecule is COc1ccc(-n2cc(C(=O)O)c3c2C(c2ccc(C(=O)O)cc2)CC(=O)N3)c(OC)c1. The van der Waals surface area contributed by atoms with Crippen LogP contribution in [0.4, 0.5) is 5.69 Å². The molecule has 1 aliphatic heterocycles. The van der Waals surface area contributed by atoms with Crippen molar-refractivity contribution in [1.82, 2.24) is 4.57 Å². The molecule has 4 rings (SSSR count). The molecule has 0 saturated carbocycles. The van der Waals surface area contributed by atoms with E-state index in [1.165, 1.54) is 32.5 Å². The van der Waals surface area contributed by atoms with Crippen molar-refractivity contribution in [3.05, 3.63) is 71.0 Å². The number of amides is 1. The number of nitrogens with zero attached hydrogens (tertiary/aromatic N) is 1. The number of fused-ring (bicyclic) bond motifs is 1. The Morgan fingerprint density at radius 2 is 1.75 bits per heavy atom. The minimum Gasteiger partial charge on any atom is -0.497 e. The summed E-state index contributed by atoms with van der Waals surface area (Å²) < 4.78 is 12.4. The first kappa shape index (κ1) is 21.0. The summed E-state index contributed by atoms with van der Waals surface area (Å²) in [5, 5.41) is 21.6. The molecule has 0 saturated heterocycles. The Hall–Kier alpha value is -4.27. The van der Waals surface area contributed by atoms with Crippen LogP contribution in [0.25, 0.3) is 5.69 Å². The number of rotatable bonds is 6. The second-order valence-corrected chi connectivity index (χ2v) is 7.25. The van der Waals surface area contributed by atoms with Gasteiger partial charge in [0.2, 0.25) is 5.91 Å². The van der Waals surface area contributed by atoms with E-state index in [1.54, 1.807) is 34.9 Å². The Morgan fingerprint density at radius 3 is 2.34 bits per heavy atom. The van der Waals surface area contributed by atoms with Gasteiger partial charge in [0, 0.05) is 24.6 Å². The van der Waals surface area contributed by atoms with Crippen LogP contribution in [0.1, 0.15) is 44.3 Å². The number of hydrogen-bond donors (Lipinski definition) is 3. The maximum Gasteiger partial charge on any atom is 0.339 e. The van der Waals surface area contributed by atoms with Crippen molar-refractivity contribution in [1.29, 1.82) is 0 Å². The third kappa shape index (κ3) is 3.53. The maximum absolute atomic E-state index is 12.5. The zero-order valence-electron chi connectivity index (χ0n) is 17.3. The average Bonchev–Trinajstić information content (AvgIpc) is 3.17. The molecule has 0 radical (unpaired) electrons. The Morgan fingerprint density at radius 1 is 1.03 bits per heavy atom. The molecule has 9 nitrogen and oxygen atoms in total. The van der Waals surface area contributed by atoms with Gasteiger partial charge in [0.25, 0.3) is 0 Å². The van der Waals surface area contributed by atoms with Gasteiger partial charge in [-0.3, -0.25) is 4.79 Å². The average molecular weight is 436 g/mol. The highest BCUT2D eigenvalue weighted by molar-refractivity contribution is 6.04. The summed E-state index contributed by atoms with van der Waals surface area (Å²) in [6, 6.07) is 11.3. The van der Waals surface area contributed by atoms with Crippen molar-refractivity contribution in [2.75, 3.05) is 19.5 Å². The van der Waals surface area contributed by atoms with Crippen LogP contribution in [0, 0.1) is 0 Å². The maximum atomic E-state index is 12.5. The van der Waals surface area contributed by atoms with Crippen molar-refractivity contribution in [2.24, 2.45) is 0 Å². The molecule has 0 fully saturated rings. The first-order chi connectivity index (χ1) is 15.3. The van der Waals surface area contributed by atoms with Gasteiger partial charge >= 0.3 is 11.9 Å². The van der Waals surface area contributed by atoms with Crippen molar-refractivity contribution in [3.8, 4) is 17.2 Å². The van der Waals surface area contributed by atoms with Gasteiger partial charge in [-0.1, -0.05) is 12.1 Å². The molecule has 1 aromatic heterocycles. The second-order valence-electron chi connectivity index (χ2n) is 7.25. The van der Waals surface area contributed by atoms with Crippen LogP contribution >= 0.6 is 0 Å². The van der Waals surface area contributed by atoms with Crippen LogP contribution in [0.2, 0.25) is 0 Å². The third-order valence-corrected chi connectivity index (χ3v) is 5.46. The van der Waals surface area contributed by atoms with Gasteiger partial charge < -0.3 is 29.6 Å². The number of hydrogen-bond acceptors (Lipinski definition) is 5. The number of benzene rings is 2. The van der Waals surface area contributed by atoms with E-state index >= 15 is 0 Å². The minimum atomic E-state index is -1.19. The quantitative estimate of drug-likeness (QED) is 0.541. The van der Waals surface area contributed by atoms with Crippen molar-refractivity contribution >= 4 is 23.5 Å². The molecule has 32 heavy (non-hydrogen) atoms. The van der Waals surface area contributed by atoms with Crippen molar-refractivity contribution in [2.45, 2.75) is 12.3 Å². The molecule has 0 aliphatic carbocycles. The van der Waals surface area contributed by atoms with Crippen LogP contribution in [0.5, 0.6) is 11.5 Å². The van der Waals surface area contributed by atoms with Gasteiger partial charge in [0.05, 0.1) is 36.9 Å². The number of aromatic nitrogens is 1. The predicted molar refractivity (Wildman–Crippen MR) is 114 cm³/mol. The molecule has 9 heteroatoms. The lowest BCUT2D eigenvalue weighted by Gasteiger charge is -2.26. The number of carbonyl (C=O) groups is 3. The van der Waals surface area contributed by atoms with Gasteiger partial charge in [-0.25, -0.2) is 9.59 Å². The number of carboxylic acids is 2. The summed E-state index contributed by atoms with van der Waals surface area (Å²) in [6.07, 6.45) is 1.52. The highest BCUT2D eigenvalue weighted by Crippen LogP contribution is 2.43. The van der Waals surface area contributed by atoms with Gasteiger partial charge in [0.15, 0.2) is 0 Å². The lowest BCUT2D eigenvalue weighted by molar-refractivity contribution is -0.116. The van der Waals surface area contributed by atoms with Crippen LogP contribution in [0.3, 0.4) is 0 Å². The highest BCUT2D eigenvalue weighted by Gasteiger charge is 2.35. The fourth-order valence-electron chi connectivity index (χ4n) is 3.95. The van der Waals surface area contributed by atoms with Crippen LogP contribution < -0.4 is 14.8 Å². The summed E-state index contributed by atoms with van der Waals surface area (Å²) in [4.78, 5) is 35.6. The molecular formula is C23H20N2O7. The standard InChI is InChI=1S/C23H20N2O7/c1-31-14-7-8-17(18(9-14)32-2)25-11-16(23(29)30)20-21(25)15(10-19(26)24-20)12-3-5-13(6-4-12)22(27)28/h3-9,11,15H,10H2,1-2H3,(H,24,26)(H,27,28)(H,29,30). The number of methoxy groups -OCH3 is 2. The lowest BCUT2D eigenvalue weighted by atomic mass is 9.87. The van der Waals surface area contributed by atoms with E-state index < -0.39 is 17.9 Å². The van der Waals surface area contributed by atoms with E-state index in [1.807, 2.05) is 0 Å². The van der Waals surface area contributed by atoms with Crippen LogP contribution in [-0.2, 0) is 4.79 Å². The monoisotopic (exact) mass is 436 g/mol. The summed E-state index contributed by atoms with van der Waals surface area (Å²) >= 11 is 0. The molecule has 1 aliphatic rings. The number of aromatic carboxylic acids is 2. The Bertz CT molecular complexity index is 1230. The largest absolute Gasteiger partial charge is 0.497 e. The smallest absolute Gasteiger partial charge is 0.339 e. The Balaban J connectivity index is 1.95. The van der Waals surface area contributed by atoms with E-state index in [0.29, 0.717) is 28.4 Å². The van der Waals surface area contributed by atoms with Crippen molar-refractivity contribution in [3.63, 3.8) is 0 Å². The van der Waals surface area contributed by atoms with Crippen molar-refractivity contribution < 1.29 is 34.1 Å². The fraction of sp³-hybridized carbons (Fsp3) is 0.174. The Labute approximate surface area is 182 Å². The van der Waals surface area contributed by atoms with Crippen LogP contribution in [0.15, 0.2) is 48.7 Å². The number of carbonyl (C=O) groups excluding carboxylic acids is 1. The second kappa shape index (κ2) is 8.10. The highest BCUT2D eigenvalue weighted by atomic mass is 16.5. The molecule has 3 N–H and O–H groups in total. The zero-order valence-corrected chi connectivity index (χ0v) is 17.3. The van der Waals surface area contributed by atoms with Gasteiger partial charge in [-0.15, -0.1) is 0 Å². The predicted octanol–water partition coefficient (Wildman–Crippen LogP) is 3.37. The van der Waals surface area contributed by atoms with Crippen LogP contribution in [-0.4, -0.2) is 46.8 Å². The molecule has 2 heterocycles. The first-order valence-electron chi connectivity index (χ1n) is 9.68. The molecule has 1 amide bonds. The number of carboxylic acid groups (broad SMARTS) is 2. The number of nitrogens with one attached hydrogen (secondary N) is 1. The zero-order chi connectivity index (χ0) is 23.0. The van der Waals surface area contributed by atoms with E-state index in [9.17, 15) is 24.6 Å². The van der Waals surface area contributed by atoms with Gasteiger partial charge in [0.1, 0.15) is 17.1 Å². The molecule has 0 bridgehead atoms. The van der Waals surface area contributed by atoms with Gasteiger partial charge in [-0.05, 0) is 29.8 Å². The molecule has 164 valence electrons. The van der Waals surface area contributed by atoms with Gasteiger partial charge in [-0.2, -0.15) is 0 Å². The topological polar surface area (TPSA) is 127 Å². The number of anilines is 1. The minimum absolute atomic E-state index is 0.0573. The molecular weight excluding hydrogens is 416 g/mol. The summed E-state index contributed by atoms with van der Waals surface area (Å²) in [5.74, 6) is -2.05. The van der Waals surface area contributed by atoms with E-state index in [-0.39, 0.29) is 29.1 Å². The first-order valence-corrected chi connectivity index (χ1v) is 9.68. The van der Waals surface area contributed by atoms with E-state index in [2.05, 4.69) is 5.32 Å². The third-order valence-electron chi connectivity index (χ3n) is 5.46. The Kier molecular flexibility index (Phi) is 5.31.